The van der Waals surface area contributed by atoms with Crippen LogP contribution in [0, 0.1) is 0 Å². The molecule has 1 fully saturated rings. The van der Waals surface area contributed by atoms with Gasteiger partial charge in [0.05, 0.1) is 0 Å². The lowest BCUT2D eigenvalue weighted by Crippen LogP contribution is -2.39. The predicted molar refractivity (Wildman–Crippen MR) is 96.9 cm³/mol. The number of benzene rings is 2. The molecule has 0 aliphatic heterocycles. The Kier molecular flexibility index (Phi) is 3.70. The Hall–Kier alpha value is -2.06. The minimum atomic E-state index is 0.712. The molecule has 118 valence electrons. The Morgan fingerprint density at radius 2 is 1.65 bits per heavy atom. The molecule has 1 heterocycles. The highest BCUT2D eigenvalue weighted by atomic mass is 15.1. The van der Waals surface area contributed by atoms with E-state index in [9.17, 15) is 0 Å². The van der Waals surface area contributed by atoms with E-state index in [2.05, 4.69) is 84.4 Å². The molecule has 1 aliphatic carbocycles. The van der Waals surface area contributed by atoms with Crippen molar-refractivity contribution < 1.29 is 0 Å². The summed E-state index contributed by atoms with van der Waals surface area (Å²) in [5.41, 5.74) is 4.26. The van der Waals surface area contributed by atoms with Gasteiger partial charge in [-0.1, -0.05) is 48.5 Å². The zero-order valence-electron chi connectivity index (χ0n) is 13.9. The topological polar surface area (TPSA) is 8.17 Å². The molecule has 1 saturated carbocycles. The summed E-state index contributed by atoms with van der Waals surface area (Å²) in [5.74, 6) is 0.712. The third-order valence-electron chi connectivity index (χ3n) is 5.30. The SMILES string of the molecule is CN(C)C1CC(c2cn(Cc3ccccc3)c3ccccc23)C1. The summed E-state index contributed by atoms with van der Waals surface area (Å²) in [7, 11) is 4.39. The highest BCUT2D eigenvalue weighted by Gasteiger charge is 2.33. The van der Waals surface area contributed by atoms with Crippen LogP contribution in [0.3, 0.4) is 0 Å². The standard InChI is InChI=1S/C21H24N2/c1-22(2)18-12-17(13-18)20-15-23(14-16-8-4-3-5-9-16)21-11-7-6-10-19(20)21/h3-11,15,17-18H,12-14H2,1-2H3. The van der Waals surface area contributed by atoms with Crippen molar-refractivity contribution in [3.63, 3.8) is 0 Å². The number of aromatic nitrogens is 1. The number of hydrogen-bond donors (Lipinski definition) is 0. The van der Waals surface area contributed by atoms with Crippen LogP contribution in [-0.4, -0.2) is 29.6 Å². The van der Waals surface area contributed by atoms with Gasteiger partial charge in [-0.2, -0.15) is 0 Å². The molecule has 1 aromatic heterocycles. The maximum atomic E-state index is 2.42. The molecular formula is C21H24N2. The largest absolute Gasteiger partial charge is 0.343 e. The molecule has 2 aromatic carbocycles. The maximum absolute atomic E-state index is 2.42. The Labute approximate surface area is 138 Å². The second-order valence-electron chi connectivity index (χ2n) is 7.00. The fraction of sp³-hybridized carbons (Fsp3) is 0.333. The molecule has 2 heteroatoms. The molecule has 0 N–H and O–H groups in total. The van der Waals surface area contributed by atoms with E-state index >= 15 is 0 Å². The lowest BCUT2D eigenvalue weighted by atomic mass is 9.75. The first-order chi connectivity index (χ1) is 11.2. The second kappa shape index (κ2) is 5.86. The van der Waals surface area contributed by atoms with Gasteiger partial charge in [-0.05, 0) is 50.0 Å². The number of rotatable bonds is 4. The number of nitrogens with zero attached hydrogens (tertiary/aromatic N) is 2. The van der Waals surface area contributed by atoms with Gasteiger partial charge in [0.15, 0.2) is 0 Å². The monoisotopic (exact) mass is 304 g/mol. The van der Waals surface area contributed by atoms with Gasteiger partial charge in [-0.15, -0.1) is 0 Å². The second-order valence-corrected chi connectivity index (χ2v) is 7.00. The Balaban J connectivity index is 1.67. The normalized spacial score (nSPS) is 20.8. The van der Waals surface area contributed by atoms with Crippen molar-refractivity contribution in [1.82, 2.24) is 9.47 Å². The molecule has 2 nitrogen and oxygen atoms in total. The Morgan fingerprint density at radius 3 is 2.39 bits per heavy atom. The molecule has 0 bridgehead atoms. The first kappa shape index (κ1) is 14.5. The van der Waals surface area contributed by atoms with E-state index in [1.165, 1.54) is 34.9 Å². The summed E-state index contributed by atoms with van der Waals surface area (Å²) in [6, 6.07) is 20.3. The van der Waals surface area contributed by atoms with Crippen molar-refractivity contribution in [3.8, 4) is 0 Å². The van der Waals surface area contributed by atoms with Gasteiger partial charge < -0.3 is 9.47 Å². The van der Waals surface area contributed by atoms with Gasteiger partial charge in [-0.3, -0.25) is 0 Å². The van der Waals surface area contributed by atoms with Crippen molar-refractivity contribution >= 4 is 10.9 Å². The highest BCUT2D eigenvalue weighted by Crippen LogP contribution is 2.42. The Morgan fingerprint density at radius 1 is 0.957 bits per heavy atom. The first-order valence-corrected chi connectivity index (χ1v) is 8.50. The van der Waals surface area contributed by atoms with Crippen LogP contribution in [0.1, 0.15) is 29.9 Å². The van der Waals surface area contributed by atoms with E-state index in [0.717, 1.165) is 12.6 Å². The number of para-hydroxylation sites is 1. The van der Waals surface area contributed by atoms with Crippen molar-refractivity contribution in [1.29, 1.82) is 0 Å². The van der Waals surface area contributed by atoms with E-state index < -0.39 is 0 Å². The van der Waals surface area contributed by atoms with Gasteiger partial charge in [0.25, 0.3) is 0 Å². The van der Waals surface area contributed by atoms with Crippen LogP contribution in [-0.2, 0) is 6.54 Å². The van der Waals surface area contributed by atoms with Crippen molar-refractivity contribution in [2.24, 2.45) is 0 Å². The fourth-order valence-corrected chi connectivity index (χ4v) is 3.77. The molecule has 3 aromatic rings. The van der Waals surface area contributed by atoms with Crippen LogP contribution < -0.4 is 0 Å². The van der Waals surface area contributed by atoms with Crippen LogP contribution in [0.2, 0.25) is 0 Å². The van der Waals surface area contributed by atoms with E-state index in [0.29, 0.717) is 5.92 Å². The molecule has 4 rings (SSSR count). The Bertz CT molecular complexity index is 795. The minimum absolute atomic E-state index is 0.712. The molecule has 0 radical (unpaired) electrons. The van der Waals surface area contributed by atoms with Crippen LogP contribution >= 0.6 is 0 Å². The van der Waals surface area contributed by atoms with Crippen LogP contribution in [0.25, 0.3) is 10.9 Å². The maximum Gasteiger partial charge on any atom is 0.0486 e. The predicted octanol–water partition coefficient (Wildman–Crippen LogP) is 4.50. The van der Waals surface area contributed by atoms with Gasteiger partial charge in [0, 0.05) is 29.7 Å². The molecule has 0 amide bonds. The molecule has 0 spiro atoms. The van der Waals surface area contributed by atoms with E-state index in [1.54, 1.807) is 0 Å². The highest BCUT2D eigenvalue weighted by molar-refractivity contribution is 5.84. The zero-order valence-corrected chi connectivity index (χ0v) is 13.9. The lowest BCUT2D eigenvalue weighted by molar-refractivity contribution is 0.167. The quantitative estimate of drug-likeness (QED) is 0.689. The number of fused-ring (bicyclic) bond motifs is 1. The summed E-state index contributed by atoms with van der Waals surface area (Å²) in [6.07, 6.45) is 4.97. The van der Waals surface area contributed by atoms with Crippen LogP contribution in [0.4, 0.5) is 0 Å². The fourth-order valence-electron chi connectivity index (χ4n) is 3.77. The summed E-state index contributed by atoms with van der Waals surface area (Å²) >= 11 is 0. The van der Waals surface area contributed by atoms with Gasteiger partial charge in [-0.25, -0.2) is 0 Å². The molecule has 1 aliphatic rings. The third-order valence-corrected chi connectivity index (χ3v) is 5.30. The first-order valence-electron chi connectivity index (χ1n) is 8.50. The van der Waals surface area contributed by atoms with Crippen molar-refractivity contribution in [3.05, 3.63) is 71.9 Å². The zero-order chi connectivity index (χ0) is 15.8. The van der Waals surface area contributed by atoms with Crippen molar-refractivity contribution in [2.45, 2.75) is 31.3 Å². The average Bonchev–Trinajstić information content (AvgIpc) is 2.86. The van der Waals surface area contributed by atoms with E-state index in [1.807, 2.05) is 0 Å². The summed E-state index contributed by atoms with van der Waals surface area (Å²) in [5, 5.41) is 1.44. The van der Waals surface area contributed by atoms with E-state index in [-0.39, 0.29) is 0 Å². The third kappa shape index (κ3) is 2.68. The molecule has 23 heavy (non-hydrogen) atoms. The van der Waals surface area contributed by atoms with Crippen LogP contribution in [0.15, 0.2) is 60.8 Å². The minimum Gasteiger partial charge on any atom is -0.343 e. The van der Waals surface area contributed by atoms with E-state index in [4.69, 9.17) is 0 Å². The molecular weight excluding hydrogens is 280 g/mol. The summed E-state index contributed by atoms with van der Waals surface area (Å²) in [4.78, 5) is 2.36. The van der Waals surface area contributed by atoms with Gasteiger partial charge in [0.2, 0.25) is 0 Å². The summed E-state index contributed by atoms with van der Waals surface area (Å²) < 4.78 is 2.42. The van der Waals surface area contributed by atoms with Crippen LogP contribution in [0.5, 0.6) is 0 Å². The number of hydrogen-bond acceptors (Lipinski definition) is 1. The molecule has 0 atom stereocenters. The van der Waals surface area contributed by atoms with Crippen molar-refractivity contribution in [2.75, 3.05) is 14.1 Å². The van der Waals surface area contributed by atoms with Gasteiger partial charge >= 0.3 is 0 Å². The average molecular weight is 304 g/mol. The summed E-state index contributed by atoms with van der Waals surface area (Å²) in [6.45, 7) is 0.950. The molecule has 0 saturated heterocycles. The van der Waals surface area contributed by atoms with Gasteiger partial charge in [0.1, 0.15) is 0 Å². The smallest absolute Gasteiger partial charge is 0.0486 e. The lowest BCUT2D eigenvalue weighted by Gasteiger charge is -2.39. The molecule has 0 unspecified atom stereocenters.